The lowest BCUT2D eigenvalue weighted by atomic mass is 10.0. The molecule has 3 rings (SSSR count). The highest BCUT2D eigenvalue weighted by Gasteiger charge is 2.10. The lowest BCUT2D eigenvalue weighted by molar-refractivity contribution is 0.376. The van der Waals surface area contributed by atoms with Crippen LogP contribution in [0.3, 0.4) is 0 Å². The molecule has 28 heavy (non-hydrogen) atoms. The standard InChI is InChI=1S/C22H28N4O.HI/c1-5-23-22(24-14-20-13-21(15(2)3)26-27-20)25-16(4)18-11-10-17-8-6-7-9-19(17)12-18;/h6-13,15-16H,5,14H2,1-4H3,(H2,23,24,25);1H. The molecule has 0 radical (unpaired) electrons. The number of halogens is 1. The minimum atomic E-state index is 0. The molecule has 6 heteroatoms. The lowest BCUT2D eigenvalue weighted by Crippen LogP contribution is -2.38. The number of guanidine groups is 1. The van der Waals surface area contributed by atoms with Gasteiger partial charge in [-0.1, -0.05) is 55.4 Å². The molecule has 0 aliphatic rings. The van der Waals surface area contributed by atoms with Crippen LogP contribution in [0.15, 0.2) is 58.0 Å². The average molecular weight is 492 g/mol. The summed E-state index contributed by atoms with van der Waals surface area (Å²) in [6.07, 6.45) is 0. The third-order valence-electron chi connectivity index (χ3n) is 4.53. The number of rotatable bonds is 6. The highest BCUT2D eigenvalue weighted by molar-refractivity contribution is 14.0. The van der Waals surface area contributed by atoms with Gasteiger partial charge in [-0.2, -0.15) is 0 Å². The Balaban J connectivity index is 0.00000280. The summed E-state index contributed by atoms with van der Waals surface area (Å²) in [4.78, 5) is 4.64. The van der Waals surface area contributed by atoms with Crippen LogP contribution >= 0.6 is 24.0 Å². The van der Waals surface area contributed by atoms with Crippen LogP contribution < -0.4 is 10.6 Å². The number of hydrogen-bond acceptors (Lipinski definition) is 3. The summed E-state index contributed by atoms with van der Waals surface area (Å²) in [5.41, 5.74) is 2.18. The zero-order valence-corrected chi connectivity index (χ0v) is 19.2. The van der Waals surface area contributed by atoms with Crippen LogP contribution in [0.25, 0.3) is 10.8 Å². The van der Waals surface area contributed by atoms with Gasteiger partial charge in [0.05, 0.1) is 11.7 Å². The highest BCUT2D eigenvalue weighted by atomic mass is 127. The molecule has 3 aromatic rings. The highest BCUT2D eigenvalue weighted by Crippen LogP contribution is 2.20. The number of nitrogens with zero attached hydrogens (tertiary/aromatic N) is 2. The first-order valence-corrected chi connectivity index (χ1v) is 9.56. The zero-order valence-electron chi connectivity index (χ0n) is 16.9. The van der Waals surface area contributed by atoms with Crippen molar-refractivity contribution in [3.05, 3.63) is 65.5 Å². The Hall–Kier alpha value is -2.09. The smallest absolute Gasteiger partial charge is 0.192 e. The fraction of sp³-hybridized carbons (Fsp3) is 0.364. The van der Waals surface area contributed by atoms with Crippen LogP contribution in [0.4, 0.5) is 0 Å². The van der Waals surface area contributed by atoms with E-state index in [2.05, 4.69) is 90.9 Å². The van der Waals surface area contributed by atoms with E-state index in [-0.39, 0.29) is 30.0 Å². The molecule has 0 saturated carbocycles. The van der Waals surface area contributed by atoms with Crippen molar-refractivity contribution in [1.82, 2.24) is 15.8 Å². The second-order valence-electron chi connectivity index (χ2n) is 7.04. The number of benzene rings is 2. The van der Waals surface area contributed by atoms with Crippen molar-refractivity contribution in [2.24, 2.45) is 4.99 Å². The van der Waals surface area contributed by atoms with Crippen molar-refractivity contribution < 1.29 is 4.52 Å². The maximum atomic E-state index is 5.38. The first-order valence-electron chi connectivity index (χ1n) is 9.56. The van der Waals surface area contributed by atoms with Gasteiger partial charge in [0.15, 0.2) is 11.7 Å². The van der Waals surface area contributed by atoms with Crippen molar-refractivity contribution in [1.29, 1.82) is 0 Å². The Morgan fingerprint density at radius 2 is 1.82 bits per heavy atom. The van der Waals surface area contributed by atoms with E-state index in [4.69, 9.17) is 4.52 Å². The van der Waals surface area contributed by atoms with Gasteiger partial charge in [-0.15, -0.1) is 24.0 Å². The number of aliphatic imine (C=N–C) groups is 1. The Labute approximate surface area is 184 Å². The number of aromatic nitrogens is 1. The number of hydrogen-bond donors (Lipinski definition) is 2. The Bertz CT molecular complexity index is 920. The molecule has 150 valence electrons. The largest absolute Gasteiger partial charge is 0.359 e. The van der Waals surface area contributed by atoms with Gasteiger partial charge in [0.2, 0.25) is 0 Å². The van der Waals surface area contributed by atoms with E-state index in [0.717, 1.165) is 24.0 Å². The van der Waals surface area contributed by atoms with Gasteiger partial charge in [0.1, 0.15) is 6.54 Å². The molecule has 2 aromatic carbocycles. The molecule has 1 aromatic heterocycles. The van der Waals surface area contributed by atoms with Gasteiger partial charge in [0.25, 0.3) is 0 Å². The van der Waals surface area contributed by atoms with E-state index < -0.39 is 0 Å². The molecular weight excluding hydrogens is 463 g/mol. The molecule has 0 aliphatic heterocycles. The summed E-state index contributed by atoms with van der Waals surface area (Å²) in [6.45, 7) is 9.65. The average Bonchev–Trinajstić information content (AvgIpc) is 3.15. The predicted octanol–water partition coefficient (Wildman–Crippen LogP) is 5.39. The predicted molar refractivity (Wildman–Crippen MR) is 126 cm³/mol. The Kier molecular flexibility index (Phi) is 8.29. The summed E-state index contributed by atoms with van der Waals surface area (Å²) in [5, 5.41) is 13.4. The SMILES string of the molecule is CCNC(=NCc1cc(C(C)C)no1)NC(C)c1ccc2ccccc2c1.I. The van der Waals surface area contributed by atoms with Crippen molar-refractivity contribution in [3.8, 4) is 0 Å². The zero-order chi connectivity index (χ0) is 19.2. The third kappa shape index (κ3) is 5.70. The molecule has 1 heterocycles. The maximum Gasteiger partial charge on any atom is 0.192 e. The van der Waals surface area contributed by atoms with Crippen LogP contribution in [0.2, 0.25) is 0 Å². The fourth-order valence-electron chi connectivity index (χ4n) is 2.92. The number of nitrogens with one attached hydrogen (secondary N) is 2. The van der Waals surface area contributed by atoms with Gasteiger partial charge in [-0.05, 0) is 42.2 Å². The third-order valence-corrected chi connectivity index (χ3v) is 4.53. The first-order chi connectivity index (χ1) is 13.1. The van der Waals surface area contributed by atoms with Gasteiger partial charge in [-0.3, -0.25) is 0 Å². The molecule has 0 bridgehead atoms. The molecule has 1 unspecified atom stereocenters. The first kappa shape index (κ1) is 22.2. The van der Waals surface area contributed by atoms with Gasteiger partial charge in [0, 0.05) is 12.6 Å². The van der Waals surface area contributed by atoms with Crippen LogP contribution in [-0.4, -0.2) is 17.7 Å². The molecule has 2 N–H and O–H groups in total. The Morgan fingerprint density at radius 1 is 1.07 bits per heavy atom. The van der Waals surface area contributed by atoms with E-state index in [1.165, 1.54) is 16.3 Å². The summed E-state index contributed by atoms with van der Waals surface area (Å²) < 4.78 is 5.38. The van der Waals surface area contributed by atoms with Gasteiger partial charge in [-0.25, -0.2) is 4.99 Å². The molecule has 5 nitrogen and oxygen atoms in total. The molecule has 0 amide bonds. The quantitative estimate of drug-likeness (QED) is 0.275. The molecule has 0 aliphatic carbocycles. The summed E-state index contributed by atoms with van der Waals surface area (Å²) in [5.74, 6) is 1.89. The molecule has 0 fully saturated rings. The maximum absolute atomic E-state index is 5.38. The van der Waals surface area contributed by atoms with Gasteiger partial charge >= 0.3 is 0 Å². The second-order valence-corrected chi connectivity index (χ2v) is 7.04. The van der Waals surface area contributed by atoms with Crippen LogP contribution in [-0.2, 0) is 6.54 Å². The summed E-state index contributed by atoms with van der Waals surface area (Å²) in [7, 11) is 0. The molecule has 0 saturated heterocycles. The van der Waals surface area contributed by atoms with Crippen molar-refractivity contribution in [2.45, 2.75) is 46.2 Å². The van der Waals surface area contributed by atoms with Crippen molar-refractivity contribution in [2.75, 3.05) is 6.54 Å². The monoisotopic (exact) mass is 492 g/mol. The minimum absolute atomic E-state index is 0. The van der Waals surface area contributed by atoms with Crippen LogP contribution in [0.5, 0.6) is 0 Å². The minimum Gasteiger partial charge on any atom is -0.359 e. The van der Waals surface area contributed by atoms with Gasteiger partial charge < -0.3 is 15.2 Å². The van der Waals surface area contributed by atoms with Crippen LogP contribution in [0, 0.1) is 0 Å². The van der Waals surface area contributed by atoms with Crippen molar-refractivity contribution >= 4 is 40.7 Å². The van der Waals surface area contributed by atoms with Crippen molar-refractivity contribution in [3.63, 3.8) is 0 Å². The van der Waals surface area contributed by atoms with E-state index in [9.17, 15) is 0 Å². The molecule has 0 spiro atoms. The Morgan fingerprint density at radius 3 is 2.50 bits per heavy atom. The topological polar surface area (TPSA) is 62.5 Å². The second kappa shape index (κ2) is 10.5. The normalized spacial score (nSPS) is 12.7. The summed E-state index contributed by atoms with van der Waals surface area (Å²) >= 11 is 0. The van der Waals surface area contributed by atoms with E-state index >= 15 is 0 Å². The molecular formula is C22H29IN4O. The molecule has 1 atom stereocenters. The number of fused-ring (bicyclic) bond motifs is 1. The van der Waals surface area contributed by atoms with E-state index in [0.29, 0.717) is 12.5 Å². The van der Waals surface area contributed by atoms with E-state index in [1.54, 1.807) is 0 Å². The summed E-state index contributed by atoms with van der Waals surface area (Å²) in [6, 6.07) is 17.1. The lowest BCUT2D eigenvalue weighted by Gasteiger charge is -2.18. The van der Waals surface area contributed by atoms with Crippen LogP contribution in [0.1, 0.15) is 56.7 Å². The van der Waals surface area contributed by atoms with E-state index in [1.807, 2.05) is 6.07 Å². The fourth-order valence-corrected chi connectivity index (χ4v) is 2.92.